The molecule has 284 valence electrons. The minimum absolute atomic E-state index is 0.0245. The van der Waals surface area contributed by atoms with E-state index < -0.39 is 34.3 Å². The number of hydrogen-bond acceptors (Lipinski definition) is 5. The number of carbonyl (C=O) groups excluding carboxylic acids is 2. The van der Waals surface area contributed by atoms with E-state index in [1.165, 1.54) is 31.3 Å². The van der Waals surface area contributed by atoms with Crippen LogP contribution in [0, 0.1) is 28.6 Å². The first-order valence-corrected chi connectivity index (χ1v) is 25.7. The number of fused-ring (bicyclic) bond motifs is 1. The van der Waals surface area contributed by atoms with E-state index in [1.54, 1.807) is 10.5 Å². The Bertz CT molecular complexity index is 1310. The zero-order valence-corrected chi connectivity index (χ0v) is 37.4. The van der Waals surface area contributed by atoms with Crippen molar-refractivity contribution in [2.45, 2.75) is 168 Å². The molecule has 1 amide bonds. The molecule has 4 saturated carbocycles. The van der Waals surface area contributed by atoms with Crippen LogP contribution in [0.5, 0.6) is 0 Å². The third-order valence-corrected chi connectivity index (χ3v) is 23.4. The Morgan fingerprint density at radius 2 is 1.44 bits per heavy atom. The summed E-state index contributed by atoms with van der Waals surface area (Å²) in [6.45, 7) is 27.4. The molecule has 9 heteroatoms. The summed E-state index contributed by atoms with van der Waals surface area (Å²) < 4.78 is 19.6. The van der Waals surface area contributed by atoms with E-state index >= 15 is 0 Å². The molecule has 4 aliphatic rings. The Hall–Kier alpha value is -0.896. The third kappa shape index (κ3) is 8.57. The van der Waals surface area contributed by atoms with E-state index in [0.29, 0.717) is 30.6 Å². The fourth-order valence-electron chi connectivity index (χ4n) is 8.71. The van der Waals surface area contributed by atoms with Gasteiger partial charge in [-0.25, -0.2) is 0 Å². The van der Waals surface area contributed by atoms with Crippen LogP contribution in [0.25, 0.3) is 0 Å². The molecule has 0 bridgehead atoms. The van der Waals surface area contributed by atoms with Crippen LogP contribution in [-0.4, -0.2) is 65.6 Å². The topological polar surface area (TPSA) is 65.1 Å². The van der Waals surface area contributed by atoms with Crippen LogP contribution < -0.4 is 0 Å². The number of hydrogen-bond donors (Lipinski definition) is 0. The van der Waals surface area contributed by atoms with Gasteiger partial charge in [0.25, 0.3) is 0 Å². The molecule has 0 N–H and O–H groups in total. The van der Waals surface area contributed by atoms with Crippen LogP contribution in [0.3, 0.4) is 0 Å². The second-order valence-electron chi connectivity index (χ2n) is 19.9. The summed E-state index contributed by atoms with van der Waals surface area (Å²) in [6.07, 6.45) is 17.4. The fraction of sp³-hybridized carbons (Fsp3) is 0.805. The van der Waals surface area contributed by atoms with Crippen LogP contribution in [-0.2, 0) is 23.0 Å². The van der Waals surface area contributed by atoms with Crippen LogP contribution in [0.15, 0.2) is 35.5 Å². The average Bonchev–Trinajstić information content (AvgIpc) is 3.71. The first-order chi connectivity index (χ1) is 22.9. The molecule has 0 radical (unpaired) electrons. The zero-order chi connectivity index (χ0) is 37.7. The minimum atomic E-state index is -2.17. The normalized spacial score (nSPS) is 31.1. The summed E-state index contributed by atoms with van der Waals surface area (Å²) in [7, 11) is 1.77. The standard InChI is InChI=1S/C41H72NO5PSi2/c1-28(17-22-35(45-48)41(24-25-41)37(44)42(9)10)31-20-21-32-30(16-15-23-40(31,32)8)19-18-29-26-33(46-49(11,12)38(2,3)4)36(43)34(27-29)47-50(13,14)39(5,6)7/h17-19,22,28,31-35H,15-16,20-21,23-27,48H2,1-14H3/b22-17+,29-18?,30-19+/t28-,31?,32?,33?,34?,35?,40-/m1/s1. The maximum atomic E-state index is 14.0. The lowest BCUT2D eigenvalue weighted by atomic mass is 9.61. The molecular formula is C41H72NO5PSi2. The number of nitrogens with zero attached hydrogens (tertiary/aromatic N) is 1. The molecule has 0 aromatic rings. The van der Waals surface area contributed by atoms with Crippen molar-refractivity contribution >= 4 is 37.8 Å². The van der Waals surface area contributed by atoms with Crippen molar-refractivity contribution in [1.29, 1.82) is 0 Å². The predicted octanol–water partition coefficient (Wildman–Crippen LogP) is 10.4. The first kappa shape index (κ1) is 41.9. The highest BCUT2D eigenvalue weighted by Crippen LogP contribution is 2.60. The molecule has 4 rings (SSSR count). The predicted molar refractivity (Wildman–Crippen MR) is 216 cm³/mol. The number of allylic oxidation sites excluding steroid dienone is 4. The maximum Gasteiger partial charge on any atom is 0.231 e. The van der Waals surface area contributed by atoms with Gasteiger partial charge in [0, 0.05) is 36.4 Å². The van der Waals surface area contributed by atoms with Crippen LogP contribution in [0.4, 0.5) is 0 Å². The summed E-state index contributed by atoms with van der Waals surface area (Å²) in [4.78, 5) is 28.7. The maximum absolute atomic E-state index is 14.0. The van der Waals surface area contributed by atoms with Crippen molar-refractivity contribution < 1.29 is 23.0 Å². The molecule has 0 aromatic carbocycles. The van der Waals surface area contributed by atoms with E-state index in [-0.39, 0.29) is 33.3 Å². The van der Waals surface area contributed by atoms with Crippen LogP contribution >= 0.6 is 9.47 Å². The van der Waals surface area contributed by atoms with E-state index in [0.717, 1.165) is 19.3 Å². The number of amides is 1. The molecule has 8 atom stereocenters. The van der Waals surface area contributed by atoms with Crippen molar-refractivity contribution in [1.82, 2.24) is 4.90 Å². The number of ketones is 1. The van der Waals surface area contributed by atoms with Crippen molar-refractivity contribution in [2.24, 2.45) is 28.6 Å². The molecule has 0 aromatic heterocycles. The van der Waals surface area contributed by atoms with Gasteiger partial charge in [-0.05, 0) is 104 Å². The second kappa shape index (κ2) is 15.1. The summed E-state index contributed by atoms with van der Waals surface area (Å²) in [5.74, 6) is 1.87. The molecule has 0 spiro atoms. The zero-order valence-electron chi connectivity index (χ0n) is 34.2. The van der Waals surface area contributed by atoms with Crippen molar-refractivity contribution in [3.63, 3.8) is 0 Å². The molecule has 50 heavy (non-hydrogen) atoms. The van der Waals surface area contributed by atoms with Crippen LogP contribution in [0.2, 0.25) is 36.3 Å². The molecule has 0 heterocycles. The van der Waals surface area contributed by atoms with E-state index in [9.17, 15) is 9.59 Å². The number of Topliss-reactive ketones (excluding diaryl/α,β-unsaturated/α-hetero) is 1. The molecule has 4 fully saturated rings. The number of carbonyl (C=O) groups is 2. The van der Waals surface area contributed by atoms with Gasteiger partial charge in [0.1, 0.15) is 12.2 Å². The van der Waals surface area contributed by atoms with Gasteiger partial charge in [-0.3, -0.25) is 9.59 Å². The monoisotopic (exact) mass is 745 g/mol. The average molecular weight is 746 g/mol. The lowest BCUT2D eigenvalue weighted by molar-refractivity contribution is -0.137. The van der Waals surface area contributed by atoms with E-state index in [4.69, 9.17) is 13.4 Å². The van der Waals surface area contributed by atoms with E-state index in [2.05, 4.69) is 115 Å². The van der Waals surface area contributed by atoms with Gasteiger partial charge in [0.2, 0.25) is 5.91 Å². The summed E-state index contributed by atoms with van der Waals surface area (Å²) in [5, 5.41) is 0.0489. The summed E-state index contributed by atoms with van der Waals surface area (Å²) in [6, 6.07) is 0. The van der Waals surface area contributed by atoms with Gasteiger partial charge in [0.15, 0.2) is 22.4 Å². The van der Waals surface area contributed by atoms with Crippen LogP contribution in [0.1, 0.15) is 113 Å². The van der Waals surface area contributed by atoms with Gasteiger partial charge < -0.3 is 18.3 Å². The van der Waals surface area contributed by atoms with E-state index in [1.807, 2.05) is 14.1 Å². The van der Waals surface area contributed by atoms with Gasteiger partial charge in [-0.1, -0.05) is 90.8 Å². The third-order valence-electron chi connectivity index (χ3n) is 14.1. The molecule has 4 aliphatic carbocycles. The summed E-state index contributed by atoms with van der Waals surface area (Å²) >= 11 is 0. The molecule has 6 nitrogen and oxygen atoms in total. The molecule has 0 aliphatic heterocycles. The quantitative estimate of drug-likeness (QED) is 0.120. The Morgan fingerprint density at radius 3 is 1.90 bits per heavy atom. The molecule has 0 saturated heterocycles. The van der Waals surface area contributed by atoms with Crippen molar-refractivity contribution in [3.8, 4) is 0 Å². The SMILES string of the molecule is C[C@H](/C=C/C(OP)C1(C(=O)N(C)C)CC1)C1CCC2/C(=C/C=C3CC(O[Si](C)(C)C(C)(C)C)C(=O)C(O[Si](C)(C)C(C)(C)C)C3)CCC[C@@]21C. The first-order valence-electron chi connectivity index (χ1n) is 19.4. The lowest BCUT2D eigenvalue weighted by Gasteiger charge is -2.44. The number of rotatable bonds is 11. The summed E-state index contributed by atoms with van der Waals surface area (Å²) in [5.41, 5.74) is 2.69. The second-order valence-corrected chi connectivity index (χ2v) is 29.6. The Labute approximate surface area is 310 Å². The van der Waals surface area contributed by atoms with Gasteiger partial charge in [-0.2, -0.15) is 0 Å². The minimum Gasteiger partial charge on any atom is -0.406 e. The Morgan fingerprint density at radius 1 is 0.900 bits per heavy atom. The largest absolute Gasteiger partial charge is 0.406 e. The van der Waals surface area contributed by atoms with Crippen molar-refractivity contribution in [3.05, 3.63) is 35.5 Å². The Balaban J connectivity index is 1.56. The van der Waals surface area contributed by atoms with Gasteiger partial charge in [-0.15, -0.1) is 0 Å². The van der Waals surface area contributed by atoms with Gasteiger partial charge >= 0.3 is 0 Å². The molecule has 6 unspecified atom stereocenters. The lowest BCUT2D eigenvalue weighted by Crippen LogP contribution is -2.53. The van der Waals surface area contributed by atoms with Gasteiger partial charge in [0.05, 0.1) is 11.5 Å². The fourth-order valence-corrected chi connectivity index (χ4v) is 11.6. The molecular weight excluding hydrogens is 674 g/mol. The Kier molecular flexibility index (Phi) is 12.6. The highest BCUT2D eigenvalue weighted by atomic mass is 31.0. The smallest absolute Gasteiger partial charge is 0.231 e. The highest BCUT2D eigenvalue weighted by Gasteiger charge is 2.56. The highest BCUT2D eigenvalue weighted by molar-refractivity contribution is 7.09. The van der Waals surface area contributed by atoms with Crippen molar-refractivity contribution in [2.75, 3.05) is 14.1 Å².